The first-order valence-corrected chi connectivity index (χ1v) is 5.90. The van der Waals surface area contributed by atoms with Crippen LogP contribution in [0.3, 0.4) is 0 Å². The van der Waals surface area contributed by atoms with Gasteiger partial charge in [-0.3, -0.25) is 0 Å². The van der Waals surface area contributed by atoms with Crippen LogP contribution in [0.15, 0.2) is 6.20 Å². The van der Waals surface area contributed by atoms with E-state index in [0.717, 1.165) is 12.8 Å². The van der Waals surface area contributed by atoms with E-state index in [9.17, 15) is 4.79 Å². The van der Waals surface area contributed by atoms with Crippen LogP contribution < -0.4 is 0 Å². The molecule has 0 atom stereocenters. The van der Waals surface area contributed by atoms with E-state index in [4.69, 9.17) is 4.74 Å². The summed E-state index contributed by atoms with van der Waals surface area (Å²) in [6, 6.07) is 0.407. The van der Waals surface area contributed by atoms with Gasteiger partial charge in [0, 0.05) is 0 Å². The van der Waals surface area contributed by atoms with Gasteiger partial charge in [-0.25, -0.2) is 9.48 Å². The molecule has 0 aromatic carbocycles. The standard InChI is InChI=1S/C11H17N3O2/c1-2-16-11(15)10-8-14(13-12-10)9-6-4-3-5-7-9/h8-9H,2-7H2,1H3. The van der Waals surface area contributed by atoms with Crippen LogP contribution >= 0.6 is 0 Å². The minimum absolute atomic E-state index is 0.312. The Morgan fingerprint density at radius 3 is 2.94 bits per heavy atom. The molecule has 0 spiro atoms. The Morgan fingerprint density at radius 2 is 2.25 bits per heavy atom. The number of esters is 1. The molecule has 0 N–H and O–H groups in total. The summed E-state index contributed by atoms with van der Waals surface area (Å²) in [6.07, 6.45) is 7.74. The highest BCUT2D eigenvalue weighted by molar-refractivity contribution is 5.86. The Bertz CT molecular complexity index is 356. The Morgan fingerprint density at radius 1 is 1.50 bits per heavy atom. The third-order valence-electron chi connectivity index (χ3n) is 2.94. The molecule has 0 saturated heterocycles. The van der Waals surface area contributed by atoms with E-state index < -0.39 is 0 Å². The van der Waals surface area contributed by atoms with Crippen LogP contribution in [0.2, 0.25) is 0 Å². The molecule has 0 radical (unpaired) electrons. The van der Waals surface area contributed by atoms with Crippen LogP contribution in [0.25, 0.3) is 0 Å². The number of ether oxygens (including phenoxy) is 1. The van der Waals surface area contributed by atoms with Gasteiger partial charge in [-0.1, -0.05) is 24.5 Å². The lowest BCUT2D eigenvalue weighted by atomic mass is 9.96. The summed E-state index contributed by atoms with van der Waals surface area (Å²) >= 11 is 0. The normalized spacial score (nSPS) is 17.3. The van der Waals surface area contributed by atoms with Gasteiger partial charge in [0.05, 0.1) is 18.8 Å². The molecule has 1 heterocycles. The highest BCUT2D eigenvalue weighted by atomic mass is 16.5. The SMILES string of the molecule is CCOC(=O)c1cn(C2CCCCC2)nn1. The van der Waals surface area contributed by atoms with E-state index >= 15 is 0 Å². The number of hydrogen-bond acceptors (Lipinski definition) is 4. The van der Waals surface area contributed by atoms with Gasteiger partial charge in [-0.05, 0) is 19.8 Å². The molecule has 0 bridgehead atoms. The Kier molecular flexibility index (Phi) is 3.54. The van der Waals surface area contributed by atoms with Crippen molar-refractivity contribution < 1.29 is 9.53 Å². The fourth-order valence-corrected chi connectivity index (χ4v) is 2.10. The predicted octanol–water partition coefficient (Wildman–Crippen LogP) is 1.96. The fourth-order valence-electron chi connectivity index (χ4n) is 2.10. The number of aromatic nitrogens is 3. The lowest BCUT2D eigenvalue weighted by Crippen LogP contribution is -2.13. The maximum Gasteiger partial charge on any atom is 0.360 e. The monoisotopic (exact) mass is 223 g/mol. The Hall–Kier alpha value is -1.39. The zero-order chi connectivity index (χ0) is 11.4. The van der Waals surface area contributed by atoms with Crippen LogP contribution in [-0.4, -0.2) is 27.6 Å². The summed E-state index contributed by atoms with van der Waals surface area (Å²) in [5, 5.41) is 7.86. The summed E-state index contributed by atoms with van der Waals surface area (Å²) in [5.41, 5.74) is 0.312. The maximum absolute atomic E-state index is 11.4. The second-order valence-electron chi connectivity index (χ2n) is 4.10. The highest BCUT2D eigenvalue weighted by Crippen LogP contribution is 2.27. The molecule has 2 rings (SSSR count). The molecule has 0 unspecified atom stereocenters. The molecule has 1 saturated carbocycles. The summed E-state index contributed by atoms with van der Waals surface area (Å²) in [4.78, 5) is 11.4. The smallest absolute Gasteiger partial charge is 0.360 e. The van der Waals surface area contributed by atoms with Crippen molar-refractivity contribution in [2.45, 2.75) is 45.1 Å². The van der Waals surface area contributed by atoms with Gasteiger partial charge in [0.25, 0.3) is 0 Å². The first-order chi connectivity index (χ1) is 7.81. The van der Waals surface area contributed by atoms with Crippen molar-refractivity contribution in [1.29, 1.82) is 0 Å². The Balaban J connectivity index is 2.03. The van der Waals surface area contributed by atoms with E-state index in [1.165, 1.54) is 19.3 Å². The van der Waals surface area contributed by atoms with E-state index in [1.54, 1.807) is 13.1 Å². The molecule has 1 fully saturated rings. The fraction of sp³-hybridized carbons (Fsp3) is 0.727. The van der Waals surface area contributed by atoms with Crippen molar-refractivity contribution in [3.63, 3.8) is 0 Å². The van der Waals surface area contributed by atoms with Gasteiger partial charge >= 0.3 is 5.97 Å². The third-order valence-corrected chi connectivity index (χ3v) is 2.94. The molecule has 1 aromatic heterocycles. The van der Waals surface area contributed by atoms with Gasteiger partial charge in [0.15, 0.2) is 5.69 Å². The predicted molar refractivity (Wildman–Crippen MR) is 58.1 cm³/mol. The molecule has 1 aliphatic carbocycles. The maximum atomic E-state index is 11.4. The van der Waals surface area contributed by atoms with Gasteiger partial charge in [-0.2, -0.15) is 0 Å². The molecular weight excluding hydrogens is 206 g/mol. The van der Waals surface area contributed by atoms with Gasteiger partial charge in [0.1, 0.15) is 0 Å². The van der Waals surface area contributed by atoms with Crippen molar-refractivity contribution in [3.8, 4) is 0 Å². The molecule has 5 nitrogen and oxygen atoms in total. The topological polar surface area (TPSA) is 57.0 Å². The number of hydrogen-bond donors (Lipinski definition) is 0. The molecule has 16 heavy (non-hydrogen) atoms. The minimum atomic E-state index is -0.385. The van der Waals surface area contributed by atoms with Crippen LogP contribution in [-0.2, 0) is 4.74 Å². The average molecular weight is 223 g/mol. The average Bonchev–Trinajstić information content (AvgIpc) is 2.80. The third kappa shape index (κ3) is 2.40. The van der Waals surface area contributed by atoms with Crippen LogP contribution in [0, 0.1) is 0 Å². The lowest BCUT2D eigenvalue weighted by Gasteiger charge is -2.20. The van der Waals surface area contributed by atoms with E-state index in [0.29, 0.717) is 18.3 Å². The molecule has 1 aromatic rings. The van der Waals surface area contributed by atoms with Gasteiger partial charge in [-0.15, -0.1) is 5.10 Å². The quantitative estimate of drug-likeness (QED) is 0.735. The van der Waals surface area contributed by atoms with Crippen molar-refractivity contribution in [3.05, 3.63) is 11.9 Å². The number of carbonyl (C=O) groups excluding carboxylic acids is 1. The van der Waals surface area contributed by atoms with Crippen molar-refractivity contribution >= 4 is 5.97 Å². The van der Waals surface area contributed by atoms with Gasteiger partial charge in [0.2, 0.25) is 0 Å². The molecular formula is C11H17N3O2. The summed E-state index contributed by atoms with van der Waals surface area (Å²) < 4.78 is 6.68. The minimum Gasteiger partial charge on any atom is -0.461 e. The zero-order valence-electron chi connectivity index (χ0n) is 9.56. The van der Waals surface area contributed by atoms with Crippen LogP contribution in [0.5, 0.6) is 0 Å². The largest absolute Gasteiger partial charge is 0.461 e. The first-order valence-electron chi connectivity index (χ1n) is 5.90. The van der Waals surface area contributed by atoms with Crippen molar-refractivity contribution in [2.24, 2.45) is 0 Å². The second-order valence-corrected chi connectivity index (χ2v) is 4.10. The highest BCUT2D eigenvalue weighted by Gasteiger charge is 2.19. The number of nitrogens with zero attached hydrogens (tertiary/aromatic N) is 3. The Labute approximate surface area is 94.8 Å². The first kappa shape index (κ1) is 11.1. The molecule has 0 amide bonds. The van der Waals surface area contributed by atoms with E-state index in [1.807, 2.05) is 4.68 Å². The van der Waals surface area contributed by atoms with E-state index in [2.05, 4.69) is 10.3 Å². The zero-order valence-corrected chi connectivity index (χ0v) is 9.56. The lowest BCUT2D eigenvalue weighted by molar-refractivity contribution is 0.0519. The molecule has 0 aliphatic heterocycles. The van der Waals surface area contributed by atoms with Gasteiger partial charge < -0.3 is 4.74 Å². The van der Waals surface area contributed by atoms with Crippen LogP contribution in [0.1, 0.15) is 55.6 Å². The summed E-state index contributed by atoms with van der Waals surface area (Å²) in [7, 11) is 0. The second kappa shape index (κ2) is 5.09. The number of carbonyl (C=O) groups is 1. The molecule has 5 heteroatoms. The number of rotatable bonds is 3. The van der Waals surface area contributed by atoms with E-state index in [-0.39, 0.29) is 5.97 Å². The molecule has 1 aliphatic rings. The summed E-state index contributed by atoms with van der Waals surface area (Å²) in [5.74, 6) is -0.385. The van der Waals surface area contributed by atoms with Crippen molar-refractivity contribution in [1.82, 2.24) is 15.0 Å². The summed E-state index contributed by atoms with van der Waals surface area (Å²) in [6.45, 7) is 2.15. The van der Waals surface area contributed by atoms with Crippen LogP contribution in [0.4, 0.5) is 0 Å². The van der Waals surface area contributed by atoms with Crippen molar-refractivity contribution in [2.75, 3.05) is 6.61 Å². The molecule has 88 valence electrons.